The van der Waals surface area contributed by atoms with Gasteiger partial charge in [0.25, 0.3) is 0 Å². The van der Waals surface area contributed by atoms with Gasteiger partial charge in [-0.05, 0) is 0 Å². The quantitative estimate of drug-likeness (QED) is 0.264. The third-order valence-corrected chi connectivity index (χ3v) is 14.6. The SMILES string of the molecule is C1=C(P(c2ccccc2)c2ccccc2)[CH]([Zr+2][c]2cccc3c2Cc2ccccc2-3)c2ccccc21.[F-].[F-]. The van der Waals surface area contributed by atoms with E-state index in [0.717, 1.165) is 6.42 Å². The van der Waals surface area contributed by atoms with E-state index in [1.165, 1.54) is 32.9 Å². The molecule has 0 nitrogen and oxygen atoms in total. The first-order valence-electron chi connectivity index (χ1n) is 12.5. The molecule has 1 unspecified atom stereocenters. The van der Waals surface area contributed by atoms with E-state index < -0.39 is 31.2 Å². The van der Waals surface area contributed by atoms with Crippen LogP contribution in [0.2, 0.25) is 0 Å². The topological polar surface area (TPSA) is 0 Å². The molecule has 0 amide bonds. The first-order chi connectivity index (χ1) is 17.9. The Morgan fingerprint density at radius 3 is 1.92 bits per heavy atom. The summed E-state index contributed by atoms with van der Waals surface area (Å²) in [6.45, 7) is 0. The number of hydrogen-bond acceptors (Lipinski definition) is 0. The van der Waals surface area contributed by atoms with E-state index in [9.17, 15) is 0 Å². The molecule has 0 aromatic heterocycles. The number of allylic oxidation sites excluding steroid dienone is 1. The van der Waals surface area contributed by atoms with E-state index >= 15 is 0 Å². The van der Waals surface area contributed by atoms with Crippen LogP contribution in [0.25, 0.3) is 17.2 Å². The van der Waals surface area contributed by atoms with Crippen molar-refractivity contribution < 1.29 is 32.6 Å². The average Bonchev–Trinajstić information content (AvgIpc) is 3.49. The molecule has 0 N–H and O–H groups in total. The maximum absolute atomic E-state index is 2.55. The predicted octanol–water partition coefficient (Wildman–Crippen LogP) is 1.20. The second-order valence-corrected chi connectivity index (χ2v) is 15.1. The zero-order valence-corrected chi connectivity index (χ0v) is 24.0. The fraction of sp³-hybridized carbons (Fsp3) is 0.0588. The van der Waals surface area contributed by atoms with Gasteiger partial charge in [0.05, 0.1) is 0 Å². The molecule has 7 rings (SSSR count). The van der Waals surface area contributed by atoms with Crippen LogP contribution < -0.4 is 23.3 Å². The number of halogens is 2. The molecule has 0 saturated carbocycles. The van der Waals surface area contributed by atoms with Gasteiger partial charge in [-0.3, -0.25) is 0 Å². The molecular weight excluding hydrogens is 569 g/mol. The molecule has 184 valence electrons. The van der Waals surface area contributed by atoms with Crippen LogP contribution in [0.3, 0.4) is 0 Å². The predicted molar refractivity (Wildman–Crippen MR) is 151 cm³/mol. The van der Waals surface area contributed by atoms with Gasteiger partial charge < -0.3 is 9.41 Å². The van der Waals surface area contributed by atoms with Gasteiger partial charge in [0, 0.05) is 0 Å². The van der Waals surface area contributed by atoms with Crippen molar-refractivity contribution in [2.45, 2.75) is 10.0 Å². The maximum atomic E-state index is 2.55. The van der Waals surface area contributed by atoms with Crippen LogP contribution in [0.5, 0.6) is 0 Å². The van der Waals surface area contributed by atoms with Gasteiger partial charge in [0.15, 0.2) is 0 Å². The van der Waals surface area contributed by atoms with Crippen LogP contribution in [0.1, 0.15) is 25.9 Å². The van der Waals surface area contributed by atoms with Crippen LogP contribution in [0.15, 0.2) is 133 Å². The maximum Gasteiger partial charge on any atom is -1.00 e. The van der Waals surface area contributed by atoms with Gasteiger partial charge in [-0.1, -0.05) is 0 Å². The fourth-order valence-corrected chi connectivity index (χ4v) is 13.3. The standard InChI is InChI=1S/C21H16P.C13H9.2FH.Zr/c1-3-11-19(12-4-1)22(20-13-5-2-6-14-20)21-15-17-9-7-8-10-18(17)16-21;1-3-7-12-10(5-1)9-11-6-2-4-8-13(11)12;;;/h1-16H;1-5,7-8H,9H2;2*1H;/q;;;;+2/p-2. The van der Waals surface area contributed by atoms with Gasteiger partial charge in [-0.25, -0.2) is 0 Å². The third-order valence-electron chi connectivity index (χ3n) is 7.34. The molecule has 0 radical (unpaired) electrons. The van der Waals surface area contributed by atoms with Crippen molar-refractivity contribution in [1.29, 1.82) is 0 Å². The molecule has 0 heterocycles. The molecule has 1 atom stereocenters. The molecule has 5 aromatic rings. The summed E-state index contributed by atoms with van der Waals surface area (Å²) in [5.74, 6) is 0. The van der Waals surface area contributed by atoms with E-state index in [1.807, 2.05) is 0 Å². The zero-order chi connectivity index (χ0) is 23.9. The Hall–Kier alpha value is -2.99. The minimum absolute atomic E-state index is 0. The van der Waals surface area contributed by atoms with Crippen molar-refractivity contribution in [3.63, 3.8) is 0 Å². The molecule has 0 spiro atoms. The first-order valence-corrected chi connectivity index (χ1v) is 16.5. The Bertz CT molecular complexity index is 1560. The molecule has 2 aliphatic rings. The Kier molecular flexibility index (Phi) is 7.99. The molecule has 38 heavy (non-hydrogen) atoms. The Morgan fingerprint density at radius 1 is 0.579 bits per heavy atom. The zero-order valence-electron chi connectivity index (χ0n) is 20.7. The summed E-state index contributed by atoms with van der Waals surface area (Å²) < 4.78 is 2.21. The summed E-state index contributed by atoms with van der Waals surface area (Å²) >= 11 is -1.01. The van der Waals surface area contributed by atoms with Crippen molar-refractivity contribution >= 4 is 27.9 Å². The molecule has 4 heteroatoms. The van der Waals surface area contributed by atoms with Crippen molar-refractivity contribution in [3.05, 3.63) is 155 Å². The van der Waals surface area contributed by atoms with Crippen LogP contribution in [0.4, 0.5) is 0 Å². The molecule has 0 saturated heterocycles. The van der Waals surface area contributed by atoms with E-state index in [0.29, 0.717) is 3.63 Å². The van der Waals surface area contributed by atoms with Gasteiger partial charge in [-0.2, -0.15) is 0 Å². The van der Waals surface area contributed by atoms with E-state index in [1.54, 1.807) is 19.7 Å². The fourth-order valence-electron chi connectivity index (χ4n) is 5.70. The summed E-state index contributed by atoms with van der Waals surface area (Å²) in [6.07, 6.45) is 3.63. The average molecular weight is 594 g/mol. The number of benzene rings is 5. The molecular formula is C34H25F2PZr. The van der Waals surface area contributed by atoms with Gasteiger partial charge in [0.2, 0.25) is 0 Å². The molecule has 5 aromatic carbocycles. The molecule has 0 bridgehead atoms. The largest absolute Gasteiger partial charge is 1.00 e. The molecule has 0 fully saturated rings. The first kappa shape index (κ1) is 26.6. The Labute approximate surface area is 235 Å². The number of hydrogen-bond donors (Lipinski definition) is 0. The van der Waals surface area contributed by atoms with Crippen LogP contribution >= 0.6 is 7.92 Å². The van der Waals surface area contributed by atoms with Crippen LogP contribution in [-0.2, 0) is 29.7 Å². The number of rotatable bonds is 5. The second kappa shape index (κ2) is 11.4. The summed E-state index contributed by atoms with van der Waals surface area (Å²) in [6, 6.07) is 47.6. The Morgan fingerprint density at radius 2 is 1.18 bits per heavy atom. The monoisotopic (exact) mass is 592 g/mol. The Balaban J connectivity index is 0.00000147. The van der Waals surface area contributed by atoms with Crippen molar-refractivity contribution in [2.75, 3.05) is 0 Å². The summed E-state index contributed by atoms with van der Waals surface area (Å²) in [5.41, 5.74) is 8.96. The van der Waals surface area contributed by atoms with Gasteiger partial charge in [0.1, 0.15) is 0 Å². The third kappa shape index (κ3) is 4.68. The normalized spacial score (nSPS) is 14.3. The van der Waals surface area contributed by atoms with Crippen molar-refractivity contribution in [1.82, 2.24) is 0 Å². The van der Waals surface area contributed by atoms with Gasteiger partial charge >= 0.3 is 227 Å². The van der Waals surface area contributed by atoms with E-state index in [4.69, 9.17) is 0 Å². The minimum atomic E-state index is -1.01. The van der Waals surface area contributed by atoms with Crippen LogP contribution in [-0.4, -0.2) is 0 Å². The van der Waals surface area contributed by atoms with Crippen molar-refractivity contribution in [3.8, 4) is 11.1 Å². The summed E-state index contributed by atoms with van der Waals surface area (Å²) in [5, 5.41) is 4.55. The second-order valence-electron chi connectivity index (χ2n) is 9.45. The number of fused-ring (bicyclic) bond motifs is 4. The van der Waals surface area contributed by atoms with E-state index in [-0.39, 0.29) is 9.41 Å². The van der Waals surface area contributed by atoms with Gasteiger partial charge in [-0.15, -0.1) is 0 Å². The molecule has 0 aliphatic heterocycles. The van der Waals surface area contributed by atoms with Crippen molar-refractivity contribution in [2.24, 2.45) is 0 Å². The molecule has 2 aliphatic carbocycles. The summed E-state index contributed by atoms with van der Waals surface area (Å²) in [7, 11) is -0.583. The summed E-state index contributed by atoms with van der Waals surface area (Å²) in [4.78, 5) is 0. The van der Waals surface area contributed by atoms with Crippen LogP contribution in [0, 0.1) is 0 Å². The minimum Gasteiger partial charge on any atom is -1.00 e. The van der Waals surface area contributed by atoms with E-state index in [2.05, 4.69) is 133 Å². The smallest absolute Gasteiger partial charge is 1.00 e.